The Morgan fingerprint density at radius 1 is 1.65 bits per heavy atom. The number of anilines is 1. The summed E-state index contributed by atoms with van der Waals surface area (Å²) in [5, 5.41) is 18.0. The molecule has 0 spiro atoms. The van der Waals surface area contributed by atoms with Gasteiger partial charge in [0, 0.05) is 6.54 Å². The van der Waals surface area contributed by atoms with E-state index in [1.165, 1.54) is 0 Å². The van der Waals surface area contributed by atoms with Crippen molar-refractivity contribution in [2.45, 2.75) is 25.8 Å². The fourth-order valence-corrected chi connectivity index (χ4v) is 2.09. The van der Waals surface area contributed by atoms with Crippen LogP contribution in [-0.4, -0.2) is 28.6 Å². The molecule has 1 saturated heterocycles. The van der Waals surface area contributed by atoms with Crippen LogP contribution in [0.25, 0.3) is 0 Å². The number of carboxylic acids is 1. The Hall–Kier alpha value is -2.09. The van der Waals surface area contributed by atoms with Crippen LogP contribution in [0.4, 0.5) is 5.82 Å². The first-order valence-corrected chi connectivity index (χ1v) is 5.50. The van der Waals surface area contributed by atoms with Crippen LogP contribution in [-0.2, 0) is 4.79 Å². The molecule has 0 aliphatic carbocycles. The minimum absolute atomic E-state index is 0.360. The predicted molar refractivity (Wildman–Crippen MR) is 61.7 cm³/mol. The average Bonchev–Trinajstić information content (AvgIpc) is 2.78. The summed E-state index contributed by atoms with van der Waals surface area (Å²) in [6, 6.07) is 5.08. The number of nitriles is 1. The van der Waals surface area contributed by atoms with E-state index >= 15 is 0 Å². The Morgan fingerprint density at radius 3 is 3.06 bits per heavy atom. The number of pyridine rings is 1. The molecule has 1 aliphatic rings. The van der Waals surface area contributed by atoms with E-state index < -0.39 is 12.0 Å². The van der Waals surface area contributed by atoms with Crippen molar-refractivity contribution in [1.29, 1.82) is 5.26 Å². The minimum Gasteiger partial charge on any atom is -0.480 e. The molecule has 2 heterocycles. The Bertz CT molecular complexity index is 493. The van der Waals surface area contributed by atoms with Gasteiger partial charge in [-0.2, -0.15) is 5.26 Å². The SMILES string of the molecule is Cc1ccc(N2CCCC2C(=O)O)nc1C#N. The molecule has 1 atom stereocenters. The van der Waals surface area contributed by atoms with Crippen LogP contribution in [0, 0.1) is 18.3 Å². The first kappa shape index (κ1) is 11.4. The van der Waals surface area contributed by atoms with Gasteiger partial charge in [-0.3, -0.25) is 0 Å². The summed E-state index contributed by atoms with van der Waals surface area (Å²) in [5.74, 6) is -0.250. The summed E-state index contributed by atoms with van der Waals surface area (Å²) in [7, 11) is 0. The average molecular weight is 231 g/mol. The van der Waals surface area contributed by atoms with E-state index in [9.17, 15) is 4.79 Å². The van der Waals surface area contributed by atoms with Crippen LogP contribution in [0.5, 0.6) is 0 Å². The second-order valence-electron chi connectivity index (χ2n) is 4.14. The third kappa shape index (κ3) is 2.07. The molecule has 0 bridgehead atoms. The van der Waals surface area contributed by atoms with E-state index in [0.29, 0.717) is 24.5 Å². The number of rotatable bonds is 2. The van der Waals surface area contributed by atoms with Gasteiger partial charge < -0.3 is 10.0 Å². The quantitative estimate of drug-likeness (QED) is 0.830. The van der Waals surface area contributed by atoms with E-state index in [1.54, 1.807) is 17.0 Å². The zero-order valence-corrected chi connectivity index (χ0v) is 9.55. The van der Waals surface area contributed by atoms with Crippen molar-refractivity contribution in [2.24, 2.45) is 0 Å². The van der Waals surface area contributed by atoms with Gasteiger partial charge in [-0.25, -0.2) is 9.78 Å². The minimum atomic E-state index is -0.830. The second kappa shape index (κ2) is 4.42. The van der Waals surface area contributed by atoms with Crippen molar-refractivity contribution in [1.82, 2.24) is 4.98 Å². The highest BCUT2D eigenvalue weighted by molar-refractivity contribution is 5.78. The Morgan fingerprint density at radius 2 is 2.41 bits per heavy atom. The lowest BCUT2D eigenvalue weighted by molar-refractivity contribution is -0.138. The van der Waals surface area contributed by atoms with Gasteiger partial charge in [-0.1, -0.05) is 6.07 Å². The summed E-state index contributed by atoms with van der Waals surface area (Å²) >= 11 is 0. The van der Waals surface area contributed by atoms with Gasteiger partial charge in [0.25, 0.3) is 0 Å². The van der Waals surface area contributed by atoms with Crippen molar-refractivity contribution in [3.8, 4) is 6.07 Å². The highest BCUT2D eigenvalue weighted by Crippen LogP contribution is 2.24. The van der Waals surface area contributed by atoms with Crippen LogP contribution < -0.4 is 4.90 Å². The maximum Gasteiger partial charge on any atom is 0.326 e. The lowest BCUT2D eigenvalue weighted by atomic mass is 10.2. The Balaban J connectivity index is 2.34. The largest absolute Gasteiger partial charge is 0.480 e. The highest BCUT2D eigenvalue weighted by atomic mass is 16.4. The van der Waals surface area contributed by atoms with Crippen molar-refractivity contribution in [2.75, 3.05) is 11.4 Å². The molecule has 1 N–H and O–H groups in total. The smallest absolute Gasteiger partial charge is 0.326 e. The first-order valence-electron chi connectivity index (χ1n) is 5.50. The van der Waals surface area contributed by atoms with Crippen LogP contribution in [0.3, 0.4) is 0 Å². The zero-order valence-electron chi connectivity index (χ0n) is 9.55. The van der Waals surface area contributed by atoms with E-state index in [0.717, 1.165) is 12.0 Å². The summed E-state index contributed by atoms with van der Waals surface area (Å²) in [5.41, 5.74) is 1.17. The summed E-state index contributed by atoms with van der Waals surface area (Å²) in [6.07, 6.45) is 1.47. The van der Waals surface area contributed by atoms with Crippen LogP contribution >= 0.6 is 0 Å². The molecule has 1 fully saturated rings. The van der Waals surface area contributed by atoms with Gasteiger partial charge in [0.15, 0.2) is 0 Å². The molecule has 0 aromatic carbocycles. The first-order chi connectivity index (χ1) is 8.13. The lowest BCUT2D eigenvalue weighted by Crippen LogP contribution is -2.36. The Kier molecular flexibility index (Phi) is 2.96. The number of aliphatic carboxylic acids is 1. The van der Waals surface area contributed by atoms with Gasteiger partial charge in [0.2, 0.25) is 0 Å². The summed E-state index contributed by atoms with van der Waals surface area (Å²) < 4.78 is 0. The number of carboxylic acid groups (broad SMARTS) is 1. The van der Waals surface area contributed by atoms with E-state index in [-0.39, 0.29) is 0 Å². The maximum absolute atomic E-state index is 11.1. The van der Waals surface area contributed by atoms with E-state index in [4.69, 9.17) is 10.4 Å². The molecule has 0 amide bonds. The van der Waals surface area contributed by atoms with Crippen molar-refractivity contribution < 1.29 is 9.90 Å². The number of aryl methyl sites for hydroxylation is 1. The molecule has 5 heteroatoms. The Labute approximate surface area is 99.3 Å². The normalized spacial score (nSPS) is 19.1. The number of hydrogen-bond donors (Lipinski definition) is 1. The fraction of sp³-hybridized carbons (Fsp3) is 0.417. The third-order valence-electron chi connectivity index (χ3n) is 3.02. The van der Waals surface area contributed by atoms with Crippen molar-refractivity contribution in [3.63, 3.8) is 0 Å². The zero-order chi connectivity index (χ0) is 12.4. The molecule has 5 nitrogen and oxygen atoms in total. The molecule has 1 aromatic heterocycles. The lowest BCUT2D eigenvalue weighted by Gasteiger charge is -2.22. The molecule has 0 saturated carbocycles. The predicted octanol–water partition coefficient (Wildman–Crippen LogP) is 1.32. The van der Waals surface area contributed by atoms with Gasteiger partial charge in [-0.05, 0) is 31.4 Å². The molecule has 88 valence electrons. The van der Waals surface area contributed by atoms with Crippen LogP contribution in [0.2, 0.25) is 0 Å². The fourth-order valence-electron chi connectivity index (χ4n) is 2.09. The second-order valence-corrected chi connectivity index (χ2v) is 4.14. The molecule has 17 heavy (non-hydrogen) atoms. The van der Waals surface area contributed by atoms with E-state index in [1.807, 2.05) is 13.0 Å². The van der Waals surface area contributed by atoms with Gasteiger partial charge in [-0.15, -0.1) is 0 Å². The molecular formula is C12H13N3O2. The van der Waals surface area contributed by atoms with Crippen molar-refractivity contribution >= 4 is 11.8 Å². The monoisotopic (exact) mass is 231 g/mol. The standard InChI is InChI=1S/C12H13N3O2/c1-8-4-5-11(14-9(8)7-13)15-6-2-3-10(15)12(16)17/h4-5,10H,2-3,6H2,1H3,(H,16,17). The maximum atomic E-state index is 11.1. The van der Waals surface area contributed by atoms with Gasteiger partial charge >= 0.3 is 5.97 Å². The summed E-state index contributed by atoms with van der Waals surface area (Å²) in [6.45, 7) is 2.49. The molecule has 1 unspecified atom stereocenters. The van der Waals surface area contributed by atoms with E-state index in [2.05, 4.69) is 4.98 Å². The molecule has 2 rings (SSSR count). The third-order valence-corrected chi connectivity index (χ3v) is 3.02. The molecule has 1 aromatic rings. The van der Waals surface area contributed by atoms with Crippen LogP contribution in [0.1, 0.15) is 24.1 Å². The topological polar surface area (TPSA) is 77.2 Å². The highest BCUT2D eigenvalue weighted by Gasteiger charge is 2.31. The molecule has 1 aliphatic heterocycles. The number of nitrogens with zero attached hydrogens (tertiary/aromatic N) is 3. The van der Waals surface area contributed by atoms with Crippen LogP contribution in [0.15, 0.2) is 12.1 Å². The van der Waals surface area contributed by atoms with Gasteiger partial charge in [0.1, 0.15) is 23.6 Å². The molecular weight excluding hydrogens is 218 g/mol. The number of carbonyl (C=O) groups is 1. The van der Waals surface area contributed by atoms with Gasteiger partial charge in [0.05, 0.1) is 0 Å². The molecule has 0 radical (unpaired) electrons. The van der Waals surface area contributed by atoms with Crippen molar-refractivity contribution in [3.05, 3.63) is 23.4 Å². The summed E-state index contributed by atoms with van der Waals surface area (Å²) in [4.78, 5) is 17.0. The number of hydrogen-bond acceptors (Lipinski definition) is 4. The number of aromatic nitrogens is 1.